The summed E-state index contributed by atoms with van der Waals surface area (Å²) in [5, 5.41) is 0. The van der Waals surface area contributed by atoms with Crippen LogP contribution in [0.15, 0.2) is 18.2 Å². The van der Waals surface area contributed by atoms with Crippen molar-refractivity contribution >= 4 is 11.9 Å². The molecule has 0 aliphatic carbocycles. The number of hydrogen-bond donors (Lipinski definition) is 1. The van der Waals surface area contributed by atoms with E-state index in [1.165, 1.54) is 5.56 Å². The summed E-state index contributed by atoms with van der Waals surface area (Å²) in [5.41, 5.74) is 1.18. The van der Waals surface area contributed by atoms with E-state index in [-0.39, 0.29) is 0 Å². The van der Waals surface area contributed by atoms with Gasteiger partial charge in [-0.1, -0.05) is 18.0 Å². The quantitative estimate of drug-likeness (QED) is 0.758. The van der Waals surface area contributed by atoms with Gasteiger partial charge < -0.3 is 9.47 Å². The van der Waals surface area contributed by atoms with Crippen LogP contribution >= 0.6 is 11.9 Å². The summed E-state index contributed by atoms with van der Waals surface area (Å²) >= 11 is 1.60. The van der Waals surface area contributed by atoms with Crippen LogP contribution in [0.4, 0.5) is 0 Å². The smallest absolute Gasteiger partial charge is 0.161 e. The van der Waals surface area contributed by atoms with Gasteiger partial charge in [0, 0.05) is 6.54 Å². The molecule has 1 aromatic rings. The predicted molar refractivity (Wildman–Crippen MR) is 59.9 cm³/mol. The minimum absolute atomic E-state index is 0.764. The molecule has 0 radical (unpaired) electrons. The van der Waals surface area contributed by atoms with Gasteiger partial charge >= 0.3 is 0 Å². The lowest BCUT2D eigenvalue weighted by Gasteiger charge is -2.09. The molecule has 0 saturated carbocycles. The Kier molecular flexibility index (Phi) is 4.62. The Hall–Kier alpha value is -0.870. The van der Waals surface area contributed by atoms with Gasteiger partial charge in [0.15, 0.2) is 11.5 Å². The van der Waals surface area contributed by atoms with Crippen molar-refractivity contribution in [3.8, 4) is 11.5 Å². The molecule has 4 heteroatoms. The predicted octanol–water partition coefficient (Wildman–Crippen LogP) is 2.07. The highest BCUT2D eigenvalue weighted by atomic mass is 32.2. The number of rotatable bonds is 5. The molecule has 78 valence electrons. The van der Waals surface area contributed by atoms with E-state index in [4.69, 9.17) is 9.47 Å². The highest BCUT2D eigenvalue weighted by Crippen LogP contribution is 2.27. The Morgan fingerprint density at radius 1 is 1.21 bits per heavy atom. The van der Waals surface area contributed by atoms with Crippen LogP contribution in [0.5, 0.6) is 11.5 Å². The third kappa shape index (κ3) is 2.82. The summed E-state index contributed by atoms with van der Waals surface area (Å²) in [6.07, 6.45) is 2.00. The van der Waals surface area contributed by atoms with Crippen molar-refractivity contribution < 1.29 is 9.47 Å². The van der Waals surface area contributed by atoms with Crippen LogP contribution in [0.3, 0.4) is 0 Å². The van der Waals surface area contributed by atoms with Gasteiger partial charge in [0.2, 0.25) is 0 Å². The molecule has 0 aromatic heterocycles. The van der Waals surface area contributed by atoms with Gasteiger partial charge in [-0.05, 0) is 24.0 Å². The SMILES string of the molecule is COc1ccc(CNSC)cc1OC. The zero-order valence-corrected chi connectivity index (χ0v) is 9.48. The van der Waals surface area contributed by atoms with E-state index in [0.717, 1.165) is 18.0 Å². The molecule has 1 aromatic carbocycles. The number of hydrogen-bond acceptors (Lipinski definition) is 4. The topological polar surface area (TPSA) is 30.5 Å². The fourth-order valence-electron chi connectivity index (χ4n) is 1.15. The van der Waals surface area contributed by atoms with Crippen molar-refractivity contribution in [1.82, 2.24) is 4.72 Å². The maximum atomic E-state index is 5.20. The third-order valence-corrected chi connectivity index (χ3v) is 2.30. The Balaban J connectivity index is 2.79. The van der Waals surface area contributed by atoms with Crippen molar-refractivity contribution in [1.29, 1.82) is 0 Å². The van der Waals surface area contributed by atoms with Gasteiger partial charge in [0.05, 0.1) is 14.2 Å². The number of ether oxygens (including phenoxy) is 2. The second-order valence-electron chi connectivity index (χ2n) is 2.71. The van der Waals surface area contributed by atoms with Crippen LogP contribution in [0, 0.1) is 0 Å². The lowest BCUT2D eigenvalue weighted by Crippen LogP contribution is -2.02. The fraction of sp³-hybridized carbons (Fsp3) is 0.400. The average molecular weight is 213 g/mol. The monoisotopic (exact) mass is 213 g/mol. The van der Waals surface area contributed by atoms with E-state index in [1.54, 1.807) is 26.2 Å². The lowest BCUT2D eigenvalue weighted by atomic mass is 10.2. The molecular weight excluding hydrogens is 198 g/mol. The second-order valence-corrected chi connectivity index (χ2v) is 3.41. The van der Waals surface area contributed by atoms with Crippen molar-refractivity contribution in [2.75, 3.05) is 20.5 Å². The molecule has 14 heavy (non-hydrogen) atoms. The van der Waals surface area contributed by atoms with Gasteiger partial charge in [-0.15, -0.1) is 0 Å². The number of nitrogens with one attached hydrogen (secondary N) is 1. The first kappa shape index (κ1) is 11.2. The molecule has 0 fully saturated rings. The second kappa shape index (κ2) is 5.78. The highest BCUT2D eigenvalue weighted by Gasteiger charge is 2.03. The minimum atomic E-state index is 0.764. The zero-order chi connectivity index (χ0) is 10.4. The summed E-state index contributed by atoms with van der Waals surface area (Å²) in [6.45, 7) is 0.821. The number of methoxy groups -OCH3 is 2. The van der Waals surface area contributed by atoms with Gasteiger partial charge in [-0.25, -0.2) is 0 Å². The van der Waals surface area contributed by atoms with E-state index < -0.39 is 0 Å². The van der Waals surface area contributed by atoms with Crippen LogP contribution < -0.4 is 14.2 Å². The molecule has 0 spiro atoms. The Bertz CT molecular complexity index is 291. The van der Waals surface area contributed by atoms with Crippen molar-refractivity contribution in [2.45, 2.75) is 6.54 Å². The van der Waals surface area contributed by atoms with Gasteiger partial charge in [-0.3, -0.25) is 4.72 Å². The third-order valence-electron chi connectivity index (χ3n) is 1.87. The first-order chi connectivity index (χ1) is 6.81. The molecule has 1 N–H and O–H groups in total. The van der Waals surface area contributed by atoms with E-state index in [9.17, 15) is 0 Å². The van der Waals surface area contributed by atoms with E-state index in [0.29, 0.717) is 0 Å². The maximum absolute atomic E-state index is 5.20. The minimum Gasteiger partial charge on any atom is -0.493 e. The molecule has 0 aliphatic heterocycles. The molecular formula is C10H15NO2S. The zero-order valence-electron chi connectivity index (χ0n) is 8.66. The normalized spacial score (nSPS) is 9.93. The van der Waals surface area contributed by atoms with Gasteiger partial charge in [0.1, 0.15) is 0 Å². The molecule has 0 amide bonds. The van der Waals surface area contributed by atoms with E-state index in [1.807, 2.05) is 24.5 Å². The van der Waals surface area contributed by atoms with Gasteiger partial charge in [0.25, 0.3) is 0 Å². The molecule has 0 bridgehead atoms. The molecule has 0 aliphatic rings. The summed E-state index contributed by atoms with van der Waals surface area (Å²) < 4.78 is 13.5. The summed E-state index contributed by atoms with van der Waals surface area (Å²) in [6, 6.07) is 5.91. The van der Waals surface area contributed by atoms with Crippen LogP contribution in [0.25, 0.3) is 0 Å². The summed E-state index contributed by atoms with van der Waals surface area (Å²) in [7, 11) is 3.28. The first-order valence-electron chi connectivity index (χ1n) is 4.28. The standard InChI is InChI=1S/C10H15NO2S/c1-12-9-5-4-8(7-11-14-3)6-10(9)13-2/h4-6,11H,7H2,1-3H3. The van der Waals surface area contributed by atoms with Crippen LogP contribution in [-0.4, -0.2) is 20.5 Å². The lowest BCUT2D eigenvalue weighted by molar-refractivity contribution is 0.354. The van der Waals surface area contributed by atoms with Crippen molar-refractivity contribution in [2.24, 2.45) is 0 Å². The summed E-state index contributed by atoms with van der Waals surface area (Å²) in [4.78, 5) is 0. The van der Waals surface area contributed by atoms with E-state index in [2.05, 4.69) is 4.72 Å². The molecule has 0 unspecified atom stereocenters. The largest absolute Gasteiger partial charge is 0.493 e. The average Bonchev–Trinajstić information content (AvgIpc) is 2.25. The summed E-state index contributed by atoms with van der Waals surface area (Å²) in [5.74, 6) is 1.54. The van der Waals surface area contributed by atoms with E-state index >= 15 is 0 Å². The molecule has 0 saturated heterocycles. The molecule has 1 rings (SSSR count). The molecule has 0 heterocycles. The Morgan fingerprint density at radius 3 is 2.50 bits per heavy atom. The van der Waals surface area contributed by atoms with Crippen LogP contribution in [-0.2, 0) is 6.54 Å². The van der Waals surface area contributed by atoms with Crippen molar-refractivity contribution in [3.05, 3.63) is 23.8 Å². The van der Waals surface area contributed by atoms with Gasteiger partial charge in [-0.2, -0.15) is 0 Å². The Labute approximate surface area is 88.9 Å². The fourth-order valence-corrected chi connectivity index (χ4v) is 1.46. The molecule has 3 nitrogen and oxygen atoms in total. The van der Waals surface area contributed by atoms with Crippen LogP contribution in [0.2, 0.25) is 0 Å². The Morgan fingerprint density at radius 2 is 1.93 bits per heavy atom. The maximum Gasteiger partial charge on any atom is 0.161 e. The first-order valence-corrected chi connectivity index (χ1v) is 5.51. The van der Waals surface area contributed by atoms with Crippen LogP contribution in [0.1, 0.15) is 5.56 Å². The number of benzene rings is 1. The molecule has 0 atom stereocenters. The van der Waals surface area contributed by atoms with Crippen molar-refractivity contribution in [3.63, 3.8) is 0 Å². The highest BCUT2D eigenvalue weighted by molar-refractivity contribution is 7.96.